The maximum Gasteiger partial charge on any atom is 0.339 e. The van der Waals surface area contributed by atoms with Gasteiger partial charge in [0, 0.05) is 6.42 Å². The molecular formula is C34H44O8SSi. The van der Waals surface area contributed by atoms with Crippen molar-refractivity contribution in [2.24, 2.45) is 0 Å². The molecule has 0 aliphatic carbocycles. The maximum atomic E-state index is 13.3. The second-order valence-corrected chi connectivity index (χ2v) is 18.8. The van der Waals surface area contributed by atoms with Gasteiger partial charge in [-0.25, -0.2) is 0 Å². The summed E-state index contributed by atoms with van der Waals surface area (Å²) in [5, 5.41) is -0.154. The summed E-state index contributed by atoms with van der Waals surface area (Å²) in [7, 11) is -5.09. The van der Waals surface area contributed by atoms with E-state index in [2.05, 4.69) is 33.9 Å². The van der Waals surface area contributed by atoms with Crippen LogP contribution in [-0.4, -0.2) is 41.5 Å². The van der Waals surface area contributed by atoms with Crippen molar-refractivity contribution in [2.75, 3.05) is 7.11 Å². The molecule has 0 fully saturated rings. The minimum atomic E-state index is -4.12. The molecule has 44 heavy (non-hydrogen) atoms. The Kier molecular flexibility index (Phi) is 11.7. The highest BCUT2D eigenvalue weighted by atomic mass is 32.2. The fourth-order valence-electron chi connectivity index (χ4n) is 4.09. The second-order valence-electron chi connectivity index (χ2n) is 12.5. The van der Waals surface area contributed by atoms with E-state index in [0.29, 0.717) is 5.56 Å². The van der Waals surface area contributed by atoms with Gasteiger partial charge in [-0.05, 0) is 67.4 Å². The summed E-state index contributed by atoms with van der Waals surface area (Å²) in [6, 6.07) is 20.7. The van der Waals surface area contributed by atoms with Gasteiger partial charge in [-0.3, -0.25) is 9.59 Å². The quantitative estimate of drug-likeness (QED) is 0.0964. The third-order valence-corrected chi connectivity index (χ3v) is 13.6. The van der Waals surface area contributed by atoms with Gasteiger partial charge in [-0.2, -0.15) is 8.42 Å². The first-order valence-electron chi connectivity index (χ1n) is 14.6. The standard InChI is InChI=1S/C34H44O8SSi/c1-24-14-17-29(18-15-24)43(37,38)41-31-19-16-27(20-33(31)39-6)32(42-44(7,8)34(3,4)5)22-28(35)21-30(36)25(2)40-23-26-12-10-9-11-13-26/h9-20,25,32H,21-23H2,1-8H3/t25-,32+/m0/s1. The Bertz CT molecular complexity index is 1530. The molecule has 238 valence electrons. The van der Waals surface area contributed by atoms with Gasteiger partial charge in [0.15, 0.2) is 25.6 Å². The van der Waals surface area contributed by atoms with Crippen molar-refractivity contribution in [3.05, 3.63) is 89.5 Å². The Morgan fingerprint density at radius 1 is 0.909 bits per heavy atom. The summed E-state index contributed by atoms with van der Waals surface area (Å²) in [4.78, 5) is 26.2. The number of hydrogen-bond acceptors (Lipinski definition) is 8. The lowest BCUT2D eigenvalue weighted by atomic mass is 10.00. The fraction of sp³-hybridized carbons (Fsp3) is 0.412. The molecule has 3 aromatic rings. The van der Waals surface area contributed by atoms with E-state index in [-0.39, 0.29) is 52.4 Å². The zero-order chi connectivity index (χ0) is 32.7. The van der Waals surface area contributed by atoms with Crippen LogP contribution in [0.4, 0.5) is 0 Å². The summed E-state index contributed by atoms with van der Waals surface area (Å²) in [5.74, 6) is -0.406. The van der Waals surface area contributed by atoms with Crippen LogP contribution in [0.25, 0.3) is 0 Å². The Balaban J connectivity index is 1.81. The van der Waals surface area contributed by atoms with Crippen molar-refractivity contribution in [3.8, 4) is 11.5 Å². The molecule has 0 spiro atoms. The smallest absolute Gasteiger partial charge is 0.339 e. The van der Waals surface area contributed by atoms with Crippen molar-refractivity contribution in [2.45, 2.75) is 89.3 Å². The van der Waals surface area contributed by atoms with Gasteiger partial charge >= 0.3 is 10.1 Å². The number of benzene rings is 3. The van der Waals surface area contributed by atoms with E-state index < -0.39 is 30.6 Å². The number of hydrogen-bond donors (Lipinski definition) is 0. The van der Waals surface area contributed by atoms with Crippen LogP contribution >= 0.6 is 0 Å². The molecule has 0 saturated carbocycles. The van der Waals surface area contributed by atoms with E-state index in [4.69, 9.17) is 18.1 Å². The Morgan fingerprint density at radius 2 is 1.55 bits per heavy atom. The zero-order valence-corrected chi connectivity index (χ0v) is 28.7. The molecule has 0 aliphatic rings. The van der Waals surface area contributed by atoms with Crippen LogP contribution in [0.15, 0.2) is 77.7 Å². The third-order valence-electron chi connectivity index (χ3n) is 7.89. The highest BCUT2D eigenvalue weighted by molar-refractivity contribution is 7.87. The highest BCUT2D eigenvalue weighted by Crippen LogP contribution is 2.42. The highest BCUT2D eigenvalue weighted by Gasteiger charge is 2.40. The van der Waals surface area contributed by atoms with E-state index in [1.807, 2.05) is 37.3 Å². The monoisotopic (exact) mass is 640 g/mol. The van der Waals surface area contributed by atoms with Crippen LogP contribution in [-0.2, 0) is 35.5 Å². The Labute approximate surface area is 263 Å². The number of aryl methyl sites for hydroxylation is 1. The molecule has 3 rings (SSSR count). The molecular weight excluding hydrogens is 597 g/mol. The van der Waals surface area contributed by atoms with Gasteiger partial charge in [0.25, 0.3) is 0 Å². The van der Waals surface area contributed by atoms with Gasteiger partial charge in [0.2, 0.25) is 0 Å². The minimum absolute atomic E-state index is 0.00814. The van der Waals surface area contributed by atoms with E-state index in [1.165, 1.54) is 25.3 Å². The van der Waals surface area contributed by atoms with Crippen molar-refractivity contribution in [1.29, 1.82) is 0 Å². The summed E-state index contributed by atoms with van der Waals surface area (Å²) in [6.07, 6.45) is -1.77. The molecule has 0 radical (unpaired) electrons. The Hall–Kier alpha value is -3.31. The van der Waals surface area contributed by atoms with E-state index in [1.54, 1.807) is 31.2 Å². The first-order valence-corrected chi connectivity index (χ1v) is 18.9. The lowest BCUT2D eigenvalue weighted by Crippen LogP contribution is -2.42. The number of carbonyl (C=O) groups is 2. The SMILES string of the molecule is COc1cc([C@@H](CC(=O)CC(=O)[C@H](C)OCc2ccccc2)O[Si](C)(C)C(C)(C)C)ccc1OS(=O)(=O)c1ccc(C)cc1. The number of carbonyl (C=O) groups excluding carboxylic acids is 2. The summed E-state index contributed by atoms with van der Waals surface area (Å²) >= 11 is 0. The van der Waals surface area contributed by atoms with Crippen LogP contribution < -0.4 is 8.92 Å². The zero-order valence-electron chi connectivity index (χ0n) is 26.9. The molecule has 0 bridgehead atoms. The summed E-state index contributed by atoms with van der Waals surface area (Å²) < 4.78 is 49.3. The number of Topliss-reactive ketones (excluding diaryl/α,β-unsaturated/α-hetero) is 2. The summed E-state index contributed by atoms with van der Waals surface area (Å²) in [6.45, 7) is 14.2. The molecule has 2 atom stereocenters. The molecule has 0 N–H and O–H groups in total. The normalized spacial score (nSPS) is 13.6. The molecule has 0 heterocycles. The lowest BCUT2D eigenvalue weighted by Gasteiger charge is -2.39. The Morgan fingerprint density at radius 3 is 2.14 bits per heavy atom. The number of ketones is 2. The second kappa shape index (κ2) is 14.6. The van der Waals surface area contributed by atoms with Gasteiger partial charge < -0.3 is 18.1 Å². The first kappa shape index (κ1) is 35.2. The minimum Gasteiger partial charge on any atom is -0.493 e. The molecule has 0 aliphatic heterocycles. The van der Waals surface area contributed by atoms with E-state index in [0.717, 1.165) is 11.1 Å². The van der Waals surface area contributed by atoms with Gasteiger partial charge in [-0.15, -0.1) is 0 Å². The summed E-state index contributed by atoms with van der Waals surface area (Å²) in [5.41, 5.74) is 2.47. The van der Waals surface area contributed by atoms with Crippen LogP contribution in [0.3, 0.4) is 0 Å². The average Bonchev–Trinajstić information content (AvgIpc) is 2.95. The van der Waals surface area contributed by atoms with Crippen LogP contribution in [0.1, 0.15) is 63.3 Å². The van der Waals surface area contributed by atoms with Crippen LogP contribution in [0.2, 0.25) is 18.1 Å². The number of ether oxygens (including phenoxy) is 2. The molecule has 0 saturated heterocycles. The number of rotatable bonds is 15. The molecule has 3 aromatic carbocycles. The number of methoxy groups -OCH3 is 1. The van der Waals surface area contributed by atoms with Crippen molar-refractivity contribution < 1.29 is 36.1 Å². The van der Waals surface area contributed by atoms with Crippen LogP contribution in [0.5, 0.6) is 11.5 Å². The molecule has 0 aromatic heterocycles. The molecule has 10 heteroatoms. The predicted octanol–water partition coefficient (Wildman–Crippen LogP) is 7.36. The average molecular weight is 641 g/mol. The largest absolute Gasteiger partial charge is 0.493 e. The predicted molar refractivity (Wildman–Crippen MR) is 173 cm³/mol. The van der Waals surface area contributed by atoms with Crippen LogP contribution in [0, 0.1) is 6.92 Å². The third kappa shape index (κ3) is 9.59. The first-order chi connectivity index (χ1) is 20.5. The molecule has 0 unspecified atom stereocenters. The van der Waals surface area contributed by atoms with Gasteiger partial charge in [0.05, 0.1) is 26.2 Å². The molecule has 0 amide bonds. The topological polar surface area (TPSA) is 105 Å². The van der Waals surface area contributed by atoms with E-state index in [9.17, 15) is 18.0 Å². The fourth-order valence-corrected chi connectivity index (χ4v) is 6.31. The van der Waals surface area contributed by atoms with Crippen molar-refractivity contribution in [3.63, 3.8) is 0 Å². The maximum absolute atomic E-state index is 13.3. The van der Waals surface area contributed by atoms with Crippen molar-refractivity contribution >= 4 is 30.0 Å². The lowest BCUT2D eigenvalue weighted by molar-refractivity contribution is -0.135. The van der Waals surface area contributed by atoms with E-state index >= 15 is 0 Å². The van der Waals surface area contributed by atoms with Gasteiger partial charge in [-0.1, -0.05) is 74.9 Å². The van der Waals surface area contributed by atoms with Crippen molar-refractivity contribution in [1.82, 2.24) is 0 Å². The van der Waals surface area contributed by atoms with Gasteiger partial charge in [0.1, 0.15) is 16.8 Å². The molecule has 8 nitrogen and oxygen atoms in total.